The van der Waals surface area contributed by atoms with Crippen LogP contribution in [0.25, 0.3) is 0 Å². The van der Waals surface area contributed by atoms with Gasteiger partial charge < -0.3 is 9.64 Å². The Morgan fingerprint density at radius 2 is 2.20 bits per heavy atom. The van der Waals surface area contributed by atoms with Crippen molar-refractivity contribution < 1.29 is 14.3 Å². The van der Waals surface area contributed by atoms with Crippen molar-refractivity contribution in [3.05, 3.63) is 22.4 Å². The number of hydrogen-bond donors (Lipinski definition) is 0. The summed E-state index contributed by atoms with van der Waals surface area (Å²) in [5, 5.41) is 3.97. The third-order valence-corrected chi connectivity index (χ3v) is 3.99. The van der Waals surface area contributed by atoms with E-state index < -0.39 is 5.60 Å². The first-order valence-electron chi connectivity index (χ1n) is 6.87. The van der Waals surface area contributed by atoms with Crippen LogP contribution in [0.15, 0.2) is 16.8 Å². The fraction of sp³-hybridized carbons (Fsp3) is 0.600. The number of carbonyl (C=O) groups excluding carboxylic acids is 2. The van der Waals surface area contributed by atoms with E-state index in [1.165, 1.54) is 0 Å². The number of ketones is 1. The average molecular weight is 295 g/mol. The van der Waals surface area contributed by atoms with Crippen molar-refractivity contribution >= 4 is 23.2 Å². The van der Waals surface area contributed by atoms with Crippen LogP contribution in [0.3, 0.4) is 0 Å². The smallest absolute Gasteiger partial charge is 0.410 e. The van der Waals surface area contributed by atoms with Gasteiger partial charge >= 0.3 is 6.09 Å². The van der Waals surface area contributed by atoms with E-state index in [0.29, 0.717) is 19.5 Å². The Kier molecular flexibility index (Phi) is 4.48. The van der Waals surface area contributed by atoms with Gasteiger partial charge in [-0.05, 0) is 49.6 Å². The summed E-state index contributed by atoms with van der Waals surface area (Å²) in [4.78, 5) is 25.8. The van der Waals surface area contributed by atoms with Crippen molar-refractivity contribution in [1.82, 2.24) is 4.90 Å². The van der Waals surface area contributed by atoms with Crippen LogP contribution in [0.2, 0.25) is 0 Å². The van der Waals surface area contributed by atoms with Crippen LogP contribution in [0.5, 0.6) is 0 Å². The largest absolute Gasteiger partial charge is 0.444 e. The van der Waals surface area contributed by atoms with Gasteiger partial charge in [0.2, 0.25) is 0 Å². The monoisotopic (exact) mass is 295 g/mol. The highest BCUT2D eigenvalue weighted by molar-refractivity contribution is 7.08. The number of amides is 1. The van der Waals surface area contributed by atoms with E-state index in [9.17, 15) is 9.59 Å². The maximum Gasteiger partial charge on any atom is 0.410 e. The molecule has 5 heteroatoms. The number of nitrogens with zero attached hydrogens (tertiary/aromatic N) is 1. The first-order chi connectivity index (χ1) is 9.35. The zero-order valence-electron chi connectivity index (χ0n) is 12.2. The fourth-order valence-corrected chi connectivity index (χ4v) is 2.92. The van der Waals surface area contributed by atoms with Crippen LogP contribution >= 0.6 is 11.3 Å². The lowest BCUT2D eigenvalue weighted by Crippen LogP contribution is -2.36. The Morgan fingerprint density at radius 1 is 1.45 bits per heavy atom. The highest BCUT2D eigenvalue weighted by Gasteiger charge is 2.33. The average Bonchev–Trinajstić information content (AvgIpc) is 2.96. The highest BCUT2D eigenvalue weighted by Crippen LogP contribution is 2.22. The molecule has 0 aliphatic carbocycles. The normalized spacial score (nSPS) is 19.1. The number of carbonyl (C=O) groups is 2. The summed E-state index contributed by atoms with van der Waals surface area (Å²) in [5.74, 6) is 0.164. The van der Waals surface area contributed by atoms with Gasteiger partial charge in [-0.25, -0.2) is 4.79 Å². The summed E-state index contributed by atoms with van der Waals surface area (Å²) in [6, 6.07) is 1.98. The van der Waals surface area contributed by atoms with Gasteiger partial charge in [0.05, 0.1) is 0 Å². The van der Waals surface area contributed by atoms with Crippen LogP contribution in [0.4, 0.5) is 4.79 Å². The molecular weight excluding hydrogens is 274 g/mol. The zero-order valence-corrected chi connectivity index (χ0v) is 13.0. The van der Waals surface area contributed by atoms with Crippen molar-refractivity contribution in [3.8, 4) is 0 Å². The molecule has 0 aromatic carbocycles. The molecule has 0 spiro atoms. The highest BCUT2D eigenvalue weighted by atomic mass is 32.1. The molecule has 1 aromatic heterocycles. The van der Waals surface area contributed by atoms with Crippen molar-refractivity contribution in [2.75, 3.05) is 13.1 Å². The van der Waals surface area contributed by atoms with E-state index in [-0.39, 0.29) is 17.8 Å². The van der Waals surface area contributed by atoms with Crippen LogP contribution < -0.4 is 0 Å². The second kappa shape index (κ2) is 5.95. The molecule has 1 unspecified atom stereocenters. The van der Waals surface area contributed by atoms with E-state index in [1.54, 1.807) is 16.2 Å². The molecule has 0 radical (unpaired) electrons. The molecule has 1 aliphatic rings. The molecule has 1 saturated heterocycles. The second-order valence-electron chi connectivity index (χ2n) is 6.19. The molecule has 1 aromatic rings. The molecule has 1 amide bonds. The topological polar surface area (TPSA) is 46.6 Å². The predicted molar refractivity (Wildman–Crippen MR) is 78.9 cm³/mol. The Bertz CT molecular complexity index is 476. The lowest BCUT2D eigenvalue weighted by Gasteiger charge is -2.24. The lowest BCUT2D eigenvalue weighted by atomic mass is 9.98. The minimum absolute atomic E-state index is 0.0533. The molecule has 0 bridgehead atoms. The van der Waals surface area contributed by atoms with Crippen LogP contribution in [0.1, 0.15) is 32.8 Å². The third-order valence-electron chi connectivity index (χ3n) is 3.25. The Hall–Kier alpha value is -1.36. The van der Waals surface area contributed by atoms with Gasteiger partial charge in [-0.2, -0.15) is 11.3 Å². The summed E-state index contributed by atoms with van der Waals surface area (Å²) in [5.41, 5.74) is 0.575. The fourth-order valence-electron chi connectivity index (χ4n) is 2.25. The van der Waals surface area contributed by atoms with Crippen LogP contribution in [0, 0.1) is 5.92 Å². The van der Waals surface area contributed by atoms with Crippen molar-refractivity contribution in [3.63, 3.8) is 0 Å². The first-order valence-corrected chi connectivity index (χ1v) is 7.81. The van der Waals surface area contributed by atoms with Crippen molar-refractivity contribution in [2.45, 2.75) is 39.2 Å². The summed E-state index contributed by atoms with van der Waals surface area (Å²) in [6.07, 6.45) is 0.891. The van der Waals surface area contributed by atoms with Gasteiger partial charge in [0.25, 0.3) is 0 Å². The number of likely N-dealkylation sites (tertiary alicyclic amines) is 1. The minimum atomic E-state index is -0.490. The van der Waals surface area contributed by atoms with E-state index in [2.05, 4.69) is 0 Å². The molecule has 2 rings (SSSR count). The quantitative estimate of drug-likeness (QED) is 0.860. The number of Topliss-reactive ketones (excluding diaryl/α,β-unsaturated/α-hetero) is 1. The molecule has 1 atom stereocenters. The Morgan fingerprint density at radius 3 is 2.80 bits per heavy atom. The summed E-state index contributed by atoms with van der Waals surface area (Å²) >= 11 is 1.60. The maximum atomic E-state index is 12.2. The third kappa shape index (κ3) is 4.07. The number of ether oxygens (including phenoxy) is 1. The molecule has 1 aliphatic heterocycles. The minimum Gasteiger partial charge on any atom is -0.444 e. The molecule has 110 valence electrons. The molecule has 0 N–H and O–H groups in total. The standard InChI is InChI=1S/C15H21NO3S/c1-15(2,3)19-14(18)16-6-4-12(9-16)13(17)8-11-5-7-20-10-11/h5,7,10,12H,4,6,8-9H2,1-3H3. The molecular formula is C15H21NO3S. The zero-order chi connectivity index (χ0) is 14.8. The summed E-state index contributed by atoms with van der Waals surface area (Å²) in [7, 11) is 0. The van der Waals surface area contributed by atoms with Crippen LogP contribution in [-0.2, 0) is 16.0 Å². The molecule has 20 heavy (non-hydrogen) atoms. The summed E-state index contributed by atoms with van der Waals surface area (Å²) < 4.78 is 5.33. The number of thiophene rings is 1. The van der Waals surface area contributed by atoms with Gasteiger partial charge in [-0.1, -0.05) is 0 Å². The van der Waals surface area contributed by atoms with Crippen molar-refractivity contribution in [2.24, 2.45) is 5.92 Å². The van der Waals surface area contributed by atoms with Crippen LogP contribution in [-0.4, -0.2) is 35.5 Å². The maximum absolute atomic E-state index is 12.2. The molecule has 4 nitrogen and oxygen atoms in total. The van der Waals surface area contributed by atoms with E-state index in [0.717, 1.165) is 12.0 Å². The molecule has 2 heterocycles. The SMILES string of the molecule is CC(C)(C)OC(=O)N1CCC(C(=O)Cc2ccsc2)C1. The number of hydrogen-bond acceptors (Lipinski definition) is 4. The van der Waals surface area contributed by atoms with Gasteiger partial charge in [-0.3, -0.25) is 4.79 Å². The first kappa shape index (κ1) is 15.0. The molecule has 1 fully saturated rings. The molecule has 0 saturated carbocycles. The predicted octanol–water partition coefficient (Wildman–Crippen LogP) is 3.12. The van der Waals surface area contributed by atoms with E-state index >= 15 is 0 Å². The second-order valence-corrected chi connectivity index (χ2v) is 6.97. The van der Waals surface area contributed by atoms with E-state index in [4.69, 9.17) is 4.74 Å². The van der Waals surface area contributed by atoms with Gasteiger partial charge in [-0.15, -0.1) is 0 Å². The number of rotatable bonds is 3. The Balaban J connectivity index is 1.85. The lowest BCUT2D eigenvalue weighted by molar-refractivity contribution is -0.121. The van der Waals surface area contributed by atoms with E-state index in [1.807, 2.05) is 37.6 Å². The summed E-state index contributed by atoms with van der Waals surface area (Å²) in [6.45, 7) is 6.63. The Labute approximate surface area is 123 Å². The van der Waals surface area contributed by atoms with Gasteiger partial charge in [0.1, 0.15) is 11.4 Å². The van der Waals surface area contributed by atoms with Crippen molar-refractivity contribution in [1.29, 1.82) is 0 Å². The van der Waals surface area contributed by atoms with Gasteiger partial charge in [0, 0.05) is 25.4 Å². The van der Waals surface area contributed by atoms with Gasteiger partial charge in [0.15, 0.2) is 0 Å².